The molecule has 0 bridgehead atoms. The lowest BCUT2D eigenvalue weighted by Crippen LogP contribution is -2.22. The SMILES string of the molecule is C#CCCCC(NCCC)c1ccc(OCCCC)cc1. The molecule has 1 rings (SSSR count). The minimum absolute atomic E-state index is 0.392. The maximum absolute atomic E-state index is 5.71. The zero-order valence-electron chi connectivity index (χ0n) is 13.5. The highest BCUT2D eigenvalue weighted by atomic mass is 16.5. The minimum atomic E-state index is 0.392. The first-order valence-corrected chi connectivity index (χ1v) is 8.21. The van der Waals surface area contributed by atoms with Gasteiger partial charge in [-0.15, -0.1) is 12.3 Å². The number of unbranched alkanes of at least 4 members (excludes halogenated alkanes) is 2. The molecule has 0 aliphatic rings. The van der Waals surface area contributed by atoms with Gasteiger partial charge in [0.05, 0.1) is 6.61 Å². The van der Waals surface area contributed by atoms with Crippen molar-refractivity contribution in [3.63, 3.8) is 0 Å². The van der Waals surface area contributed by atoms with E-state index < -0.39 is 0 Å². The van der Waals surface area contributed by atoms with Gasteiger partial charge in [-0.2, -0.15) is 0 Å². The third-order valence-corrected chi connectivity index (χ3v) is 3.50. The summed E-state index contributed by atoms with van der Waals surface area (Å²) < 4.78 is 5.71. The summed E-state index contributed by atoms with van der Waals surface area (Å²) >= 11 is 0. The van der Waals surface area contributed by atoms with Crippen molar-refractivity contribution in [2.45, 2.75) is 58.4 Å². The Morgan fingerprint density at radius 2 is 1.90 bits per heavy atom. The van der Waals surface area contributed by atoms with Crippen LogP contribution < -0.4 is 10.1 Å². The molecule has 0 amide bonds. The first kappa shape index (κ1) is 17.6. The summed E-state index contributed by atoms with van der Waals surface area (Å²) in [5.74, 6) is 3.68. The number of hydrogen-bond acceptors (Lipinski definition) is 2. The summed E-state index contributed by atoms with van der Waals surface area (Å²) in [5, 5.41) is 3.61. The van der Waals surface area contributed by atoms with Crippen molar-refractivity contribution in [2.75, 3.05) is 13.2 Å². The molecule has 1 aromatic rings. The molecule has 0 aliphatic carbocycles. The Morgan fingerprint density at radius 1 is 1.14 bits per heavy atom. The second-order valence-corrected chi connectivity index (χ2v) is 5.37. The maximum Gasteiger partial charge on any atom is 0.119 e. The zero-order chi connectivity index (χ0) is 15.3. The van der Waals surface area contributed by atoms with Gasteiger partial charge in [0.15, 0.2) is 0 Å². The van der Waals surface area contributed by atoms with Gasteiger partial charge in [-0.3, -0.25) is 0 Å². The summed E-state index contributed by atoms with van der Waals surface area (Å²) in [6.07, 6.45) is 11.8. The lowest BCUT2D eigenvalue weighted by molar-refractivity contribution is 0.309. The van der Waals surface area contributed by atoms with E-state index in [1.54, 1.807) is 0 Å². The number of benzene rings is 1. The van der Waals surface area contributed by atoms with E-state index in [9.17, 15) is 0 Å². The number of terminal acetylenes is 1. The molecule has 1 aromatic carbocycles. The average Bonchev–Trinajstić information content (AvgIpc) is 2.52. The first-order valence-electron chi connectivity index (χ1n) is 8.21. The third kappa shape index (κ3) is 7.20. The fourth-order valence-electron chi connectivity index (χ4n) is 2.24. The Balaban J connectivity index is 2.57. The second kappa shape index (κ2) is 11.2. The maximum atomic E-state index is 5.71. The van der Waals surface area contributed by atoms with Gasteiger partial charge in [-0.1, -0.05) is 32.4 Å². The smallest absolute Gasteiger partial charge is 0.119 e. The van der Waals surface area contributed by atoms with Gasteiger partial charge in [0.2, 0.25) is 0 Å². The van der Waals surface area contributed by atoms with E-state index in [4.69, 9.17) is 11.2 Å². The van der Waals surface area contributed by atoms with Gasteiger partial charge in [-0.05, 0) is 49.9 Å². The molecule has 0 aliphatic heterocycles. The van der Waals surface area contributed by atoms with Crippen molar-refractivity contribution in [3.8, 4) is 18.1 Å². The second-order valence-electron chi connectivity index (χ2n) is 5.37. The Hall–Kier alpha value is -1.46. The predicted molar refractivity (Wildman–Crippen MR) is 90.6 cm³/mol. The Morgan fingerprint density at radius 3 is 2.52 bits per heavy atom. The third-order valence-electron chi connectivity index (χ3n) is 3.50. The zero-order valence-corrected chi connectivity index (χ0v) is 13.5. The van der Waals surface area contributed by atoms with Crippen molar-refractivity contribution in [2.24, 2.45) is 0 Å². The van der Waals surface area contributed by atoms with Crippen molar-refractivity contribution >= 4 is 0 Å². The quantitative estimate of drug-likeness (QED) is 0.470. The molecule has 0 saturated carbocycles. The molecule has 2 nitrogen and oxygen atoms in total. The highest BCUT2D eigenvalue weighted by Gasteiger charge is 2.10. The molecule has 1 atom stereocenters. The highest BCUT2D eigenvalue weighted by Crippen LogP contribution is 2.22. The largest absolute Gasteiger partial charge is 0.494 e. The average molecular weight is 287 g/mol. The highest BCUT2D eigenvalue weighted by molar-refractivity contribution is 5.29. The molecule has 0 spiro atoms. The normalized spacial score (nSPS) is 11.9. The molecule has 1 N–H and O–H groups in total. The van der Waals surface area contributed by atoms with Crippen LogP contribution in [0.1, 0.15) is 64.0 Å². The summed E-state index contributed by atoms with van der Waals surface area (Å²) in [4.78, 5) is 0. The van der Waals surface area contributed by atoms with Crippen LogP contribution in [0.2, 0.25) is 0 Å². The van der Waals surface area contributed by atoms with Crippen LogP contribution in [0.25, 0.3) is 0 Å². The van der Waals surface area contributed by atoms with E-state index in [0.29, 0.717) is 6.04 Å². The van der Waals surface area contributed by atoms with Crippen LogP contribution in [-0.4, -0.2) is 13.2 Å². The van der Waals surface area contributed by atoms with E-state index in [2.05, 4.69) is 49.4 Å². The number of ether oxygens (including phenoxy) is 1. The van der Waals surface area contributed by atoms with Crippen molar-refractivity contribution in [1.29, 1.82) is 0 Å². The van der Waals surface area contributed by atoms with Gasteiger partial charge in [0.1, 0.15) is 5.75 Å². The molecule has 0 heterocycles. The van der Waals surface area contributed by atoms with E-state index in [0.717, 1.165) is 57.4 Å². The molecule has 116 valence electrons. The number of hydrogen-bond donors (Lipinski definition) is 1. The fourth-order valence-corrected chi connectivity index (χ4v) is 2.24. The topological polar surface area (TPSA) is 21.3 Å². The fraction of sp³-hybridized carbons (Fsp3) is 0.579. The van der Waals surface area contributed by atoms with Crippen LogP contribution in [-0.2, 0) is 0 Å². The van der Waals surface area contributed by atoms with E-state index in [1.165, 1.54) is 5.56 Å². The molecular weight excluding hydrogens is 258 g/mol. The van der Waals surface area contributed by atoms with Gasteiger partial charge in [-0.25, -0.2) is 0 Å². The van der Waals surface area contributed by atoms with Crippen molar-refractivity contribution in [3.05, 3.63) is 29.8 Å². The molecule has 0 radical (unpaired) electrons. The lowest BCUT2D eigenvalue weighted by atomic mass is 10.0. The molecule has 1 unspecified atom stereocenters. The predicted octanol–water partition coefficient (Wildman–Crippen LogP) is 4.71. The van der Waals surface area contributed by atoms with Crippen LogP contribution in [0.15, 0.2) is 24.3 Å². The van der Waals surface area contributed by atoms with Gasteiger partial charge in [0.25, 0.3) is 0 Å². The van der Waals surface area contributed by atoms with Crippen LogP contribution in [0.3, 0.4) is 0 Å². The van der Waals surface area contributed by atoms with E-state index >= 15 is 0 Å². The Bertz CT molecular complexity index is 405. The first-order chi connectivity index (χ1) is 10.3. The van der Waals surface area contributed by atoms with Gasteiger partial charge < -0.3 is 10.1 Å². The minimum Gasteiger partial charge on any atom is -0.494 e. The molecule has 0 fully saturated rings. The molecule has 21 heavy (non-hydrogen) atoms. The van der Waals surface area contributed by atoms with Crippen LogP contribution in [0, 0.1) is 12.3 Å². The monoisotopic (exact) mass is 287 g/mol. The lowest BCUT2D eigenvalue weighted by Gasteiger charge is -2.19. The van der Waals surface area contributed by atoms with Crippen LogP contribution >= 0.6 is 0 Å². The summed E-state index contributed by atoms with van der Waals surface area (Å²) in [5.41, 5.74) is 1.32. The van der Waals surface area contributed by atoms with E-state index in [-0.39, 0.29) is 0 Å². The van der Waals surface area contributed by atoms with Crippen LogP contribution in [0.5, 0.6) is 5.75 Å². The summed E-state index contributed by atoms with van der Waals surface area (Å²) in [6.45, 7) is 6.20. The van der Waals surface area contributed by atoms with E-state index in [1.807, 2.05) is 0 Å². The molecular formula is C19H29NO. The number of nitrogens with one attached hydrogen (secondary N) is 1. The molecule has 0 saturated heterocycles. The molecule has 2 heteroatoms. The van der Waals surface area contributed by atoms with Crippen molar-refractivity contribution < 1.29 is 4.74 Å². The van der Waals surface area contributed by atoms with Crippen LogP contribution in [0.4, 0.5) is 0 Å². The van der Waals surface area contributed by atoms with Crippen molar-refractivity contribution in [1.82, 2.24) is 5.32 Å². The number of rotatable bonds is 11. The summed E-state index contributed by atoms with van der Waals surface area (Å²) in [7, 11) is 0. The Kier molecular flexibility index (Phi) is 9.40. The Labute approximate surface area is 130 Å². The standard InChI is InChI=1S/C19H29NO/c1-4-7-9-10-19(20-15-6-3)17-11-13-18(14-12-17)21-16-8-5-2/h1,11-14,19-20H,5-10,15-16H2,2-3H3. The summed E-state index contributed by atoms with van der Waals surface area (Å²) in [6, 6.07) is 8.89. The van der Waals surface area contributed by atoms with Gasteiger partial charge >= 0.3 is 0 Å². The van der Waals surface area contributed by atoms with Gasteiger partial charge in [0, 0.05) is 12.5 Å². The molecule has 0 aromatic heterocycles.